The number of nitrogens with zero attached hydrogens (tertiary/aromatic N) is 2. The molecular weight excluding hydrogens is 376 g/mol. The lowest BCUT2D eigenvalue weighted by molar-refractivity contribution is -0.139. The third kappa shape index (κ3) is 5.13. The highest BCUT2D eigenvalue weighted by atomic mass is 32.2. The molecule has 1 aromatic carbocycles. The highest BCUT2D eigenvalue weighted by molar-refractivity contribution is 7.89. The number of ether oxygens (including phenoxy) is 1. The fraction of sp³-hybridized carbons (Fsp3) is 0.667. The summed E-state index contributed by atoms with van der Waals surface area (Å²) in [4.78, 5) is 15.4. The zero-order valence-corrected chi connectivity index (χ0v) is 17.6. The van der Waals surface area contributed by atoms with Crippen molar-refractivity contribution in [2.45, 2.75) is 56.4 Å². The number of rotatable bonds is 7. The van der Waals surface area contributed by atoms with Crippen LogP contribution in [0.5, 0.6) is 0 Å². The fourth-order valence-electron chi connectivity index (χ4n) is 4.12. The van der Waals surface area contributed by atoms with Crippen molar-refractivity contribution in [1.29, 1.82) is 0 Å². The summed E-state index contributed by atoms with van der Waals surface area (Å²) in [6.45, 7) is 4.89. The summed E-state index contributed by atoms with van der Waals surface area (Å²) in [5.41, 5.74) is 0. The predicted molar refractivity (Wildman–Crippen MR) is 108 cm³/mol. The third-order valence-corrected chi connectivity index (χ3v) is 7.50. The molecule has 2 aliphatic heterocycles. The van der Waals surface area contributed by atoms with E-state index < -0.39 is 10.0 Å². The van der Waals surface area contributed by atoms with E-state index in [0.29, 0.717) is 31.0 Å². The Morgan fingerprint density at radius 2 is 1.96 bits per heavy atom. The molecule has 0 aliphatic carbocycles. The molecule has 156 valence electrons. The maximum absolute atomic E-state index is 13.2. The average molecular weight is 409 g/mol. The van der Waals surface area contributed by atoms with E-state index in [1.165, 1.54) is 4.31 Å². The van der Waals surface area contributed by atoms with Gasteiger partial charge in [0.1, 0.15) is 0 Å². The van der Waals surface area contributed by atoms with E-state index in [0.717, 1.165) is 38.7 Å². The van der Waals surface area contributed by atoms with Gasteiger partial charge in [0.15, 0.2) is 0 Å². The first-order chi connectivity index (χ1) is 13.5. The maximum atomic E-state index is 13.2. The van der Waals surface area contributed by atoms with E-state index in [9.17, 15) is 13.2 Å². The summed E-state index contributed by atoms with van der Waals surface area (Å²) in [5, 5.41) is 0. The van der Waals surface area contributed by atoms with E-state index in [-0.39, 0.29) is 24.5 Å². The molecule has 1 amide bonds. The van der Waals surface area contributed by atoms with Crippen molar-refractivity contribution >= 4 is 15.9 Å². The van der Waals surface area contributed by atoms with Gasteiger partial charge in [0.05, 0.1) is 16.9 Å². The number of carbonyl (C=O) groups excluding carboxylic acids is 1. The van der Waals surface area contributed by atoms with E-state index in [1.54, 1.807) is 30.3 Å². The molecule has 0 aromatic heterocycles. The van der Waals surface area contributed by atoms with Crippen LogP contribution in [-0.4, -0.2) is 62.4 Å². The standard InChI is InChI=1S/C21H32N2O4S/c1-2-13-22(17-19-10-6-7-15-27-19)21(24)18-9-8-14-23(16-18)28(25,26)20-11-4-3-5-12-20/h3-5,11-12,18-19H,2,6-10,13-17H2,1H3. The Morgan fingerprint density at radius 1 is 1.18 bits per heavy atom. The van der Waals surface area contributed by atoms with Crippen LogP contribution in [0.2, 0.25) is 0 Å². The molecule has 6 nitrogen and oxygen atoms in total. The molecule has 0 bridgehead atoms. The van der Waals surface area contributed by atoms with Gasteiger partial charge in [-0.1, -0.05) is 25.1 Å². The molecule has 2 atom stereocenters. The van der Waals surface area contributed by atoms with Crippen molar-refractivity contribution in [3.63, 3.8) is 0 Å². The van der Waals surface area contributed by atoms with Crippen LogP contribution in [0.25, 0.3) is 0 Å². The summed E-state index contributed by atoms with van der Waals surface area (Å²) in [7, 11) is -3.56. The lowest BCUT2D eigenvalue weighted by Crippen LogP contribution is -2.49. The van der Waals surface area contributed by atoms with E-state index in [2.05, 4.69) is 6.92 Å². The first-order valence-electron chi connectivity index (χ1n) is 10.5. The van der Waals surface area contributed by atoms with Crippen LogP contribution in [0.15, 0.2) is 35.2 Å². The summed E-state index contributed by atoms with van der Waals surface area (Å²) < 4.78 is 33.2. The summed E-state index contributed by atoms with van der Waals surface area (Å²) in [6.07, 6.45) is 5.67. The molecular formula is C21H32N2O4S. The molecule has 2 aliphatic rings. The van der Waals surface area contributed by atoms with Crippen LogP contribution < -0.4 is 0 Å². The van der Waals surface area contributed by atoms with Crippen molar-refractivity contribution < 1.29 is 17.9 Å². The maximum Gasteiger partial charge on any atom is 0.243 e. The Morgan fingerprint density at radius 3 is 2.64 bits per heavy atom. The first-order valence-corrected chi connectivity index (χ1v) is 11.9. The van der Waals surface area contributed by atoms with Crippen molar-refractivity contribution in [1.82, 2.24) is 9.21 Å². The molecule has 3 rings (SSSR count). The van der Waals surface area contributed by atoms with E-state index in [4.69, 9.17) is 4.74 Å². The van der Waals surface area contributed by atoms with Gasteiger partial charge in [-0.2, -0.15) is 4.31 Å². The largest absolute Gasteiger partial charge is 0.376 e. The van der Waals surface area contributed by atoms with Crippen LogP contribution in [0.3, 0.4) is 0 Å². The molecule has 0 N–H and O–H groups in total. The molecule has 2 saturated heterocycles. The van der Waals surface area contributed by atoms with Crippen molar-refractivity contribution in [3.8, 4) is 0 Å². The molecule has 2 heterocycles. The summed E-state index contributed by atoms with van der Waals surface area (Å²) >= 11 is 0. The van der Waals surface area contributed by atoms with Gasteiger partial charge in [-0.15, -0.1) is 0 Å². The number of benzene rings is 1. The van der Waals surface area contributed by atoms with Crippen LogP contribution in [0.1, 0.15) is 45.4 Å². The van der Waals surface area contributed by atoms with Gasteiger partial charge in [0.25, 0.3) is 0 Å². The Kier molecular flexibility index (Phi) is 7.48. The molecule has 1 aromatic rings. The zero-order valence-electron chi connectivity index (χ0n) is 16.8. The van der Waals surface area contributed by atoms with Crippen LogP contribution in [0, 0.1) is 5.92 Å². The van der Waals surface area contributed by atoms with Crippen molar-refractivity contribution in [3.05, 3.63) is 30.3 Å². The highest BCUT2D eigenvalue weighted by Crippen LogP contribution is 2.25. The van der Waals surface area contributed by atoms with Gasteiger partial charge >= 0.3 is 0 Å². The number of piperidine rings is 1. The molecule has 2 unspecified atom stereocenters. The SMILES string of the molecule is CCCN(CC1CCCCO1)C(=O)C1CCCN(S(=O)(=O)c2ccccc2)C1. The monoisotopic (exact) mass is 408 g/mol. The first kappa shape index (κ1) is 21.3. The van der Waals surface area contributed by atoms with E-state index >= 15 is 0 Å². The minimum Gasteiger partial charge on any atom is -0.376 e. The fourth-order valence-corrected chi connectivity index (χ4v) is 5.67. The van der Waals surface area contributed by atoms with Crippen molar-refractivity contribution in [2.24, 2.45) is 5.92 Å². The predicted octanol–water partition coefficient (Wildman–Crippen LogP) is 2.90. The van der Waals surface area contributed by atoms with Gasteiger partial charge in [0.2, 0.25) is 15.9 Å². The third-order valence-electron chi connectivity index (χ3n) is 5.62. The van der Waals surface area contributed by atoms with Gasteiger partial charge < -0.3 is 9.64 Å². The van der Waals surface area contributed by atoms with Crippen LogP contribution >= 0.6 is 0 Å². The second-order valence-corrected chi connectivity index (χ2v) is 9.73. The lowest BCUT2D eigenvalue weighted by atomic mass is 9.97. The van der Waals surface area contributed by atoms with Gasteiger partial charge in [-0.25, -0.2) is 8.42 Å². The molecule has 28 heavy (non-hydrogen) atoms. The van der Waals surface area contributed by atoms with Crippen molar-refractivity contribution in [2.75, 3.05) is 32.8 Å². The second-order valence-electron chi connectivity index (χ2n) is 7.79. The Balaban J connectivity index is 1.68. The molecule has 0 spiro atoms. The molecule has 2 fully saturated rings. The topological polar surface area (TPSA) is 66.9 Å². The average Bonchev–Trinajstić information content (AvgIpc) is 2.74. The quantitative estimate of drug-likeness (QED) is 0.696. The molecule has 0 saturated carbocycles. The Labute approximate surface area is 168 Å². The minimum atomic E-state index is -3.56. The summed E-state index contributed by atoms with van der Waals surface area (Å²) in [6, 6.07) is 8.49. The number of hydrogen-bond acceptors (Lipinski definition) is 4. The number of hydrogen-bond donors (Lipinski definition) is 0. The van der Waals surface area contributed by atoms with E-state index in [1.807, 2.05) is 4.90 Å². The Hall–Kier alpha value is -1.44. The number of amides is 1. The van der Waals surface area contributed by atoms with Gasteiger partial charge in [-0.05, 0) is 50.7 Å². The highest BCUT2D eigenvalue weighted by Gasteiger charge is 2.35. The molecule has 7 heteroatoms. The molecule has 0 radical (unpaired) electrons. The van der Waals surface area contributed by atoms with Crippen LogP contribution in [0.4, 0.5) is 0 Å². The lowest BCUT2D eigenvalue weighted by Gasteiger charge is -2.36. The zero-order chi connectivity index (χ0) is 20.0. The Bertz CT molecular complexity index is 732. The normalized spacial score (nSPS) is 24.0. The summed E-state index contributed by atoms with van der Waals surface area (Å²) in [5.74, 6) is -0.202. The van der Waals surface area contributed by atoms with Gasteiger partial charge in [-0.3, -0.25) is 4.79 Å². The smallest absolute Gasteiger partial charge is 0.243 e. The second kappa shape index (κ2) is 9.85. The minimum absolute atomic E-state index is 0.0731. The van der Waals surface area contributed by atoms with Gasteiger partial charge in [0, 0.05) is 32.8 Å². The number of carbonyl (C=O) groups is 1. The number of sulfonamides is 1. The van der Waals surface area contributed by atoms with Crippen LogP contribution in [-0.2, 0) is 19.6 Å².